The van der Waals surface area contributed by atoms with Gasteiger partial charge in [0.15, 0.2) is 0 Å². The topological polar surface area (TPSA) is 49.8 Å². The van der Waals surface area contributed by atoms with Gasteiger partial charge in [-0.2, -0.15) is 0 Å². The van der Waals surface area contributed by atoms with Gasteiger partial charge in [0.2, 0.25) is 0 Å². The average molecular weight is 371 g/mol. The molecular formula is C22H26FNO3. The number of carbonyl (C=O) groups is 1. The SMILES string of the molecule is O=C(O)CCCCc1ccc(N2CCC[C@H](Oc3ccccc3)C2)cc1F. The Morgan fingerprint density at radius 1 is 1.19 bits per heavy atom. The molecule has 1 atom stereocenters. The van der Waals surface area contributed by atoms with Crippen LogP contribution < -0.4 is 9.64 Å². The van der Waals surface area contributed by atoms with Crippen molar-refractivity contribution in [2.24, 2.45) is 0 Å². The van der Waals surface area contributed by atoms with Crippen molar-refractivity contribution in [2.75, 3.05) is 18.0 Å². The highest BCUT2D eigenvalue weighted by Gasteiger charge is 2.22. The number of piperidine rings is 1. The molecule has 1 fully saturated rings. The number of ether oxygens (including phenoxy) is 1. The zero-order chi connectivity index (χ0) is 19.1. The monoisotopic (exact) mass is 371 g/mol. The van der Waals surface area contributed by atoms with Crippen LogP contribution in [-0.4, -0.2) is 30.3 Å². The molecule has 5 heteroatoms. The summed E-state index contributed by atoms with van der Waals surface area (Å²) in [5, 5.41) is 8.67. The van der Waals surface area contributed by atoms with Crippen molar-refractivity contribution in [2.45, 2.75) is 44.6 Å². The van der Waals surface area contributed by atoms with Crippen LogP contribution in [0.15, 0.2) is 48.5 Å². The molecule has 2 aromatic rings. The molecule has 0 bridgehead atoms. The lowest BCUT2D eigenvalue weighted by Gasteiger charge is -2.34. The molecule has 1 N–H and O–H groups in total. The van der Waals surface area contributed by atoms with Gasteiger partial charge >= 0.3 is 5.97 Å². The second-order valence-electron chi connectivity index (χ2n) is 7.02. The Bertz CT molecular complexity index is 750. The first kappa shape index (κ1) is 19.2. The third-order valence-corrected chi connectivity index (χ3v) is 4.91. The summed E-state index contributed by atoms with van der Waals surface area (Å²) in [5.41, 5.74) is 1.53. The largest absolute Gasteiger partial charge is 0.489 e. The molecule has 27 heavy (non-hydrogen) atoms. The summed E-state index contributed by atoms with van der Waals surface area (Å²) in [6.45, 7) is 1.64. The number of rotatable bonds is 8. The van der Waals surface area contributed by atoms with Crippen molar-refractivity contribution in [3.8, 4) is 5.75 Å². The number of aliphatic carboxylic acids is 1. The molecule has 0 unspecified atom stereocenters. The summed E-state index contributed by atoms with van der Waals surface area (Å²) in [7, 11) is 0. The Hall–Kier alpha value is -2.56. The molecule has 0 radical (unpaired) electrons. The molecular weight excluding hydrogens is 345 g/mol. The summed E-state index contributed by atoms with van der Waals surface area (Å²) in [6, 6.07) is 15.2. The second-order valence-corrected chi connectivity index (χ2v) is 7.02. The van der Waals surface area contributed by atoms with Gasteiger partial charge in [-0.3, -0.25) is 4.79 Å². The number of halogens is 1. The Kier molecular flexibility index (Phi) is 6.69. The molecule has 1 aliphatic heterocycles. The molecule has 1 saturated heterocycles. The van der Waals surface area contributed by atoms with E-state index in [-0.39, 0.29) is 18.3 Å². The zero-order valence-corrected chi connectivity index (χ0v) is 15.4. The van der Waals surface area contributed by atoms with Crippen molar-refractivity contribution < 1.29 is 19.0 Å². The molecule has 1 aliphatic rings. The minimum absolute atomic E-state index is 0.0971. The minimum atomic E-state index is -0.803. The molecule has 4 nitrogen and oxygen atoms in total. The van der Waals surface area contributed by atoms with E-state index in [0.29, 0.717) is 24.8 Å². The lowest BCUT2D eigenvalue weighted by Crippen LogP contribution is -2.41. The second kappa shape index (κ2) is 9.40. The number of hydrogen-bond donors (Lipinski definition) is 1. The third-order valence-electron chi connectivity index (χ3n) is 4.91. The summed E-state index contributed by atoms with van der Waals surface area (Å²) < 4.78 is 20.5. The normalized spacial score (nSPS) is 16.9. The van der Waals surface area contributed by atoms with Gasteiger partial charge in [0.05, 0.1) is 6.54 Å². The fourth-order valence-corrected chi connectivity index (χ4v) is 3.49. The number of carboxylic acids is 1. The first-order valence-corrected chi connectivity index (χ1v) is 9.58. The number of unbranched alkanes of at least 4 members (excludes halogenated alkanes) is 1. The minimum Gasteiger partial charge on any atom is -0.489 e. The predicted molar refractivity (Wildman–Crippen MR) is 104 cm³/mol. The van der Waals surface area contributed by atoms with E-state index in [4.69, 9.17) is 9.84 Å². The number of aryl methyl sites for hydroxylation is 1. The maximum atomic E-state index is 14.5. The quantitative estimate of drug-likeness (QED) is 0.685. The van der Waals surface area contributed by atoms with E-state index in [2.05, 4.69) is 4.90 Å². The molecule has 0 spiro atoms. The first-order chi connectivity index (χ1) is 13.1. The maximum absolute atomic E-state index is 14.5. The van der Waals surface area contributed by atoms with Gasteiger partial charge in [-0.25, -0.2) is 4.39 Å². The highest BCUT2D eigenvalue weighted by molar-refractivity contribution is 5.66. The highest BCUT2D eigenvalue weighted by Crippen LogP contribution is 2.25. The first-order valence-electron chi connectivity index (χ1n) is 9.58. The van der Waals surface area contributed by atoms with E-state index in [0.717, 1.165) is 37.4 Å². The molecule has 0 amide bonds. The highest BCUT2D eigenvalue weighted by atomic mass is 19.1. The van der Waals surface area contributed by atoms with Gasteiger partial charge in [-0.1, -0.05) is 24.3 Å². The Balaban J connectivity index is 1.57. The van der Waals surface area contributed by atoms with Crippen molar-refractivity contribution >= 4 is 11.7 Å². The lowest BCUT2D eigenvalue weighted by atomic mass is 10.0. The van der Waals surface area contributed by atoms with Crippen LogP contribution in [0.5, 0.6) is 5.75 Å². The van der Waals surface area contributed by atoms with Crippen molar-refractivity contribution in [1.29, 1.82) is 0 Å². The standard InChI is InChI=1S/C22H26FNO3/c23-21-15-18(13-12-17(21)7-4-5-11-22(25)26)24-14-6-10-20(16-24)27-19-8-2-1-3-9-19/h1-3,8-9,12-13,15,20H,4-7,10-11,14,16H2,(H,25,26)/t20-/m0/s1. The van der Waals surface area contributed by atoms with E-state index < -0.39 is 5.97 Å². The Morgan fingerprint density at radius 2 is 2.00 bits per heavy atom. The number of benzene rings is 2. The summed E-state index contributed by atoms with van der Waals surface area (Å²) in [4.78, 5) is 12.7. The summed E-state index contributed by atoms with van der Waals surface area (Å²) in [5.74, 6) is -0.149. The number of carboxylic acid groups (broad SMARTS) is 1. The Morgan fingerprint density at radius 3 is 2.74 bits per heavy atom. The van der Waals surface area contributed by atoms with E-state index in [9.17, 15) is 9.18 Å². The molecule has 0 aromatic heterocycles. The third kappa shape index (κ3) is 5.71. The average Bonchev–Trinajstić information content (AvgIpc) is 2.67. The van der Waals surface area contributed by atoms with Crippen LogP contribution in [0.4, 0.5) is 10.1 Å². The molecule has 0 aliphatic carbocycles. The molecule has 3 rings (SSSR count). The van der Waals surface area contributed by atoms with Crippen molar-refractivity contribution in [1.82, 2.24) is 0 Å². The van der Waals surface area contributed by atoms with Gasteiger partial charge in [0.25, 0.3) is 0 Å². The fraction of sp³-hybridized carbons (Fsp3) is 0.409. The number of nitrogens with zero attached hydrogens (tertiary/aromatic N) is 1. The maximum Gasteiger partial charge on any atom is 0.303 e. The van der Waals surface area contributed by atoms with Gasteiger partial charge in [-0.15, -0.1) is 0 Å². The van der Waals surface area contributed by atoms with Gasteiger partial charge in [0, 0.05) is 18.7 Å². The lowest BCUT2D eigenvalue weighted by molar-refractivity contribution is -0.137. The smallest absolute Gasteiger partial charge is 0.303 e. The van der Waals surface area contributed by atoms with E-state index >= 15 is 0 Å². The van der Waals surface area contributed by atoms with Crippen molar-refractivity contribution in [3.05, 3.63) is 59.9 Å². The van der Waals surface area contributed by atoms with Gasteiger partial charge < -0.3 is 14.7 Å². The Labute approximate surface area is 159 Å². The summed E-state index contributed by atoms with van der Waals surface area (Å²) in [6.07, 6.45) is 4.06. The zero-order valence-electron chi connectivity index (χ0n) is 15.4. The molecule has 0 saturated carbocycles. The van der Waals surface area contributed by atoms with E-state index in [1.807, 2.05) is 42.5 Å². The number of hydrogen-bond acceptors (Lipinski definition) is 3. The van der Waals surface area contributed by atoms with Crippen molar-refractivity contribution in [3.63, 3.8) is 0 Å². The van der Waals surface area contributed by atoms with Crippen LogP contribution in [0.25, 0.3) is 0 Å². The number of anilines is 1. The summed E-state index contributed by atoms with van der Waals surface area (Å²) >= 11 is 0. The fourth-order valence-electron chi connectivity index (χ4n) is 3.49. The molecule has 144 valence electrons. The van der Waals surface area contributed by atoms with Crippen LogP contribution in [0.2, 0.25) is 0 Å². The van der Waals surface area contributed by atoms with E-state index in [1.54, 1.807) is 6.07 Å². The predicted octanol–water partition coefficient (Wildman–Crippen LogP) is 4.67. The van der Waals surface area contributed by atoms with Crippen LogP contribution in [0.1, 0.15) is 37.7 Å². The molecule has 1 heterocycles. The van der Waals surface area contributed by atoms with Gasteiger partial charge in [0.1, 0.15) is 17.7 Å². The van der Waals surface area contributed by atoms with Crippen LogP contribution >= 0.6 is 0 Å². The van der Waals surface area contributed by atoms with E-state index in [1.165, 1.54) is 0 Å². The van der Waals surface area contributed by atoms with Gasteiger partial charge in [-0.05, 0) is 61.9 Å². The van der Waals surface area contributed by atoms with Crippen LogP contribution in [0.3, 0.4) is 0 Å². The van der Waals surface area contributed by atoms with Crippen LogP contribution in [-0.2, 0) is 11.2 Å². The number of para-hydroxylation sites is 1. The molecule has 2 aromatic carbocycles. The van der Waals surface area contributed by atoms with Crippen LogP contribution in [0, 0.1) is 5.82 Å².